The van der Waals surface area contributed by atoms with Gasteiger partial charge in [-0.3, -0.25) is 0 Å². The van der Waals surface area contributed by atoms with Crippen molar-refractivity contribution in [3.05, 3.63) is 29.6 Å². The zero-order chi connectivity index (χ0) is 12.1. The summed E-state index contributed by atoms with van der Waals surface area (Å²) in [6.07, 6.45) is 3.52. The molecule has 2 rings (SSSR count). The summed E-state index contributed by atoms with van der Waals surface area (Å²) in [7, 11) is 0. The minimum absolute atomic E-state index is 0.229. The van der Waals surface area contributed by atoms with E-state index in [1.807, 2.05) is 6.92 Å². The highest BCUT2D eigenvalue weighted by Crippen LogP contribution is 2.21. The van der Waals surface area contributed by atoms with E-state index < -0.39 is 0 Å². The number of piperidine rings is 1. The van der Waals surface area contributed by atoms with Gasteiger partial charge in [0.15, 0.2) is 0 Å². The van der Waals surface area contributed by atoms with E-state index in [-0.39, 0.29) is 5.82 Å². The highest BCUT2D eigenvalue weighted by Gasteiger charge is 2.12. The van der Waals surface area contributed by atoms with Crippen molar-refractivity contribution < 1.29 is 9.13 Å². The van der Waals surface area contributed by atoms with Crippen LogP contribution in [0.3, 0.4) is 0 Å². The lowest BCUT2D eigenvalue weighted by molar-refractivity contribution is 0.250. The van der Waals surface area contributed by atoms with Crippen molar-refractivity contribution >= 4 is 0 Å². The molecule has 94 valence electrons. The molecule has 0 aromatic heterocycles. The molecule has 17 heavy (non-hydrogen) atoms. The molecule has 0 bridgehead atoms. The summed E-state index contributed by atoms with van der Waals surface area (Å²) in [4.78, 5) is 0. The minimum atomic E-state index is -0.229. The summed E-state index contributed by atoms with van der Waals surface area (Å²) in [5.74, 6) is 1.21. The summed E-state index contributed by atoms with van der Waals surface area (Å²) < 4.78 is 18.7. The van der Waals surface area contributed by atoms with Crippen LogP contribution in [-0.2, 0) is 0 Å². The third-order valence-corrected chi connectivity index (χ3v) is 3.39. The largest absolute Gasteiger partial charge is 0.493 e. The Bertz CT molecular complexity index is 361. The zero-order valence-corrected chi connectivity index (χ0v) is 10.3. The van der Waals surface area contributed by atoms with Crippen LogP contribution in [0.2, 0.25) is 0 Å². The summed E-state index contributed by atoms with van der Waals surface area (Å²) in [6, 6.07) is 4.70. The number of rotatable bonds is 4. The fourth-order valence-electron chi connectivity index (χ4n) is 2.24. The van der Waals surface area contributed by atoms with E-state index >= 15 is 0 Å². The molecule has 0 radical (unpaired) electrons. The summed E-state index contributed by atoms with van der Waals surface area (Å²) in [6.45, 7) is 4.86. The van der Waals surface area contributed by atoms with Gasteiger partial charge in [0.2, 0.25) is 0 Å². The predicted octanol–water partition coefficient (Wildman–Crippen LogP) is 2.90. The molecule has 1 saturated heterocycles. The van der Waals surface area contributed by atoms with Crippen molar-refractivity contribution in [2.75, 3.05) is 19.7 Å². The van der Waals surface area contributed by atoms with Gasteiger partial charge in [-0.1, -0.05) is 6.07 Å². The molecule has 0 aliphatic carbocycles. The molecule has 1 aliphatic rings. The van der Waals surface area contributed by atoms with Crippen molar-refractivity contribution in [3.8, 4) is 5.75 Å². The first-order valence-electron chi connectivity index (χ1n) is 6.35. The number of hydrogen-bond donors (Lipinski definition) is 1. The van der Waals surface area contributed by atoms with Crippen LogP contribution in [0.25, 0.3) is 0 Å². The summed E-state index contributed by atoms with van der Waals surface area (Å²) in [5.41, 5.74) is 0.997. The highest BCUT2D eigenvalue weighted by molar-refractivity contribution is 5.32. The van der Waals surface area contributed by atoms with Crippen LogP contribution in [0.4, 0.5) is 4.39 Å². The monoisotopic (exact) mass is 237 g/mol. The lowest BCUT2D eigenvalue weighted by atomic mass is 9.95. The van der Waals surface area contributed by atoms with Crippen molar-refractivity contribution in [1.29, 1.82) is 0 Å². The smallest absolute Gasteiger partial charge is 0.126 e. The molecule has 1 aliphatic heterocycles. The second-order valence-corrected chi connectivity index (χ2v) is 4.74. The first-order valence-corrected chi connectivity index (χ1v) is 6.35. The lowest BCUT2D eigenvalue weighted by Gasteiger charge is -2.22. The molecule has 1 N–H and O–H groups in total. The number of nitrogens with one attached hydrogen (secondary N) is 1. The Morgan fingerprint density at radius 3 is 2.88 bits per heavy atom. The average Bonchev–Trinajstić information content (AvgIpc) is 2.35. The van der Waals surface area contributed by atoms with E-state index in [1.54, 1.807) is 6.07 Å². The Morgan fingerprint density at radius 1 is 1.35 bits per heavy atom. The SMILES string of the molecule is Cc1ccc(F)cc1OCCC1CCNCC1. The Labute approximate surface area is 102 Å². The molecular weight excluding hydrogens is 217 g/mol. The Morgan fingerprint density at radius 2 is 2.12 bits per heavy atom. The molecule has 1 fully saturated rings. The van der Waals surface area contributed by atoms with Crippen LogP contribution in [0, 0.1) is 18.7 Å². The molecular formula is C14H20FNO. The van der Waals surface area contributed by atoms with E-state index in [2.05, 4.69) is 5.32 Å². The van der Waals surface area contributed by atoms with E-state index in [9.17, 15) is 4.39 Å². The van der Waals surface area contributed by atoms with Crippen LogP contribution < -0.4 is 10.1 Å². The van der Waals surface area contributed by atoms with E-state index in [1.165, 1.54) is 25.0 Å². The van der Waals surface area contributed by atoms with Gasteiger partial charge in [0.1, 0.15) is 11.6 Å². The third-order valence-electron chi connectivity index (χ3n) is 3.39. The molecule has 2 nitrogen and oxygen atoms in total. The second kappa shape index (κ2) is 6.01. The Hall–Kier alpha value is -1.09. The highest BCUT2D eigenvalue weighted by atomic mass is 19.1. The molecule has 0 saturated carbocycles. The van der Waals surface area contributed by atoms with Gasteiger partial charge in [-0.05, 0) is 56.8 Å². The molecule has 0 spiro atoms. The molecule has 1 aromatic rings. The summed E-state index contributed by atoms with van der Waals surface area (Å²) >= 11 is 0. The van der Waals surface area contributed by atoms with Crippen molar-refractivity contribution in [2.45, 2.75) is 26.2 Å². The maximum Gasteiger partial charge on any atom is 0.126 e. The summed E-state index contributed by atoms with van der Waals surface area (Å²) in [5, 5.41) is 3.35. The predicted molar refractivity (Wildman–Crippen MR) is 66.8 cm³/mol. The standard InChI is InChI=1S/C14H20FNO/c1-11-2-3-13(15)10-14(11)17-9-6-12-4-7-16-8-5-12/h2-3,10,12,16H,4-9H2,1H3. The van der Waals surface area contributed by atoms with Gasteiger partial charge in [-0.25, -0.2) is 4.39 Å². The van der Waals surface area contributed by atoms with Crippen molar-refractivity contribution in [1.82, 2.24) is 5.32 Å². The van der Waals surface area contributed by atoms with Crippen molar-refractivity contribution in [2.24, 2.45) is 5.92 Å². The van der Waals surface area contributed by atoms with Gasteiger partial charge >= 0.3 is 0 Å². The molecule has 3 heteroatoms. The zero-order valence-electron chi connectivity index (χ0n) is 10.3. The molecule has 0 unspecified atom stereocenters. The number of aryl methyl sites for hydroxylation is 1. The maximum atomic E-state index is 13.0. The van der Waals surface area contributed by atoms with Crippen LogP contribution in [0.15, 0.2) is 18.2 Å². The van der Waals surface area contributed by atoms with Crippen LogP contribution >= 0.6 is 0 Å². The van der Waals surface area contributed by atoms with Gasteiger partial charge < -0.3 is 10.1 Å². The van der Waals surface area contributed by atoms with E-state index in [0.717, 1.165) is 31.0 Å². The Balaban J connectivity index is 1.79. The number of ether oxygens (including phenoxy) is 1. The van der Waals surface area contributed by atoms with Crippen LogP contribution in [0.5, 0.6) is 5.75 Å². The van der Waals surface area contributed by atoms with Crippen LogP contribution in [0.1, 0.15) is 24.8 Å². The third kappa shape index (κ3) is 3.70. The van der Waals surface area contributed by atoms with Gasteiger partial charge in [-0.15, -0.1) is 0 Å². The first-order chi connectivity index (χ1) is 8.25. The minimum Gasteiger partial charge on any atom is -0.493 e. The van der Waals surface area contributed by atoms with Gasteiger partial charge in [0, 0.05) is 6.07 Å². The first kappa shape index (κ1) is 12.4. The molecule has 0 atom stereocenters. The van der Waals surface area contributed by atoms with Gasteiger partial charge in [0.05, 0.1) is 6.61 Å². The van der Waals surface area contributed by atoms with Crippen LogP contribution in [-0.4, -0.2) is 19.7 Å². The van der Waals surface area contributed by atoms with Gasteiger partial charge in [-0.2, -0.15) is 0 Å². The number of halogens is 1. The number of benzene rings is 1. The van der Waals surface area contributed by atoms with E-state index in [4.69, 9.17) is 4.74 Å². The molecule has 0 amide bonds. The fourth-order valence-corrected chi connectivity index (χ4v) is 2.24. The number of hydrogen-bond acceptors (Lipinski definition) is 2. The second-order valence-electron chi connectivity index (χ2n) is 4.74. The normalized spacial score (nSPS) is 17.1. The quantitative estimate of drug-likeness (QED) is 0.869. The Kier molecular flexibility index (Phi) is 4.37. The topological polar surface area (TPSA) is 21.3 Å². The lowest BCUT2D eigenvalue weighted by Crippen LogP contribution is -2.28. The maximum absolute atomic E-state index is 13.0. The van der Waals surface area contributed by atoms with E-state index in [0.29, 0.717) is 12.4 Å². The van der Waals surface area contributed by atoms with Crippen molar-refractivity contribution in [3.63, 3.8) is 0 Å². The fraction of sp³-hybridized carbons (Fsp3) is 0.571. The molecule has 1 aromatic carbocycles. The molecule has 1 heterocycles. The van der Waals surface area contributed by atoms with Gasteiger partial charge in [0.25, 0.3) is 0 Å². The average molecular weight is 237 g/mol.